The zero-order chi connectivity index (χ0) is 20.5. The molecule has 4 rings (SSSR count). The predicted molar refractivity (Wildman–Crippen MR) is 116 cm³/mol. The molecule has 0 aliphatic rings. The zero-order valence-corrected chi connectivity index (χ0v) is 17.8. The molecular formula is C22H19ClN2O3S. The number of fused-ring (bicyclic) bond motifs is 1. The maximum absolute atomic E-state index is 13.5. The first-order valence-corrected chi connectivity index (χ1v) is 10.2. The van der Waals surface area contributed by atoms with Crippen LogP contribution >= 0.6 is 22.9 Å². The molecule has 0 saturated heterocycles. The second-order valence-electron chi connectivity index (χ2n) is 6.71. The van der Waals surface area contributed by atoms with Crippen molar-refractivity contribution in [3.05, 3.63) is 76.2 Å². The summed E-state index contributed by atoms with van der Waals surface area (Å²) in [4.78, 5) is 19.9. The molecule has 0 radical (unpaired) electrons. The first-order valence-electron chi connectivity index (χ1n) is 9.02. The van der Waals surface area contributed by atoms with Crippen molar-refractivity contribution in [1.82, 2.24) is 4.98 Å². The highest BCUT2D eigenvalue weighted by atomic mass is 35.5. The van der Waals surface area contributed by atoms with Crippen LogP contribution in [0.2, 0.25) is 5.02 Å². The van der Waals surface area contributed by atoms with E-state index < -0.39 is 0 Å². The first-order chi connectivity index (χ1) is 14.0. The van der Waals surface area contributed by atoms with Gasteiger partial charge in [-0.15, -0.1) is 0 Å². The Balaban J connectivity index is 1.85. The van der Waals surface area contributed by atoms with Crippen molar-refractivity contribution in [2.24, 2.45) is 0 Å². The van der Waals surface area contributed by atoms with Crippen LogP contribution in [-0.4, -0.2) is 18.0 Å². The van der Waals surface area contributed by atoms with Gasteiger partial charge in [0.25, 0.3) is 5.91 Å². The van der Waals surface area contributed by atoms with E-state index in [9.17, 15) is 4.79 Å². The SMILES string of the molecule is COc1ccc(Cl)c2sc(N(Cc3ccco3)C(=O)c3cc(C)ccc3C)nc12. The van der Waals surface area contributed by atoms with Gasteiger partial charge in [-0.1, -0.05) is 40.6 Å². The molecule has 2 aromatic heterocycles. The third-order valence-electron chi connectivity index (χ3n) is 4.66. The topological polar surface area (TPSA) is 55.6 Å². The largest absolute Gasteiger partial charge is 0.494 e. The van der Waals surface area contributed by atoms with Gasteiger partial charge in [0.15, 0.2) is 5.13 Å². The molecule has 0 N–H and O–H groups in total. The van der Waals surface area contributed by atoms with E-state index in [1.807, 2.05) is 38.1 Å². The Bertz CT molecular complexity index is 1180. The van der Waals surface area contributed by atoms with E-state index in [2.05, 4.69) is 0 Å². The minimum atomic E-state index is -0.142. The fraction of sp³-hybridized carbons (Fsp3) is 0.182. The first kappa shape index (κ1) is 19.5. The van der Waals surface area contributed by atoms with Gasteiger partial charge in [-0.3, -0.25) is 9.69 Å². The summed E-state index contributed by atoms with van der Waals surface area (Å²) in [5.41, 5.74) is 3.19. The fourth-order valence-corrected chi connectivity index (χ4v) is 4.37. The van der Waals surface area contributed by atoms with Gasteiger partial charge in [-0.05, 0) is 49.7 Å². The molecule has 0 atom stereocenters. The molecule has 1 amide bonds. The standard InChI is InChI=1S/C22H19ClN2O3S/c1-13-6-7-14(2)16(11-13)21(26)25(12-15-5-4-10-28-15)22-24-19-18(27-3)9-8-17(23)20(19)29-22/h4-11H,12H2,1-3H3. The second-order valence-corrected chi connectivity index (χ2v) is 8.10. The fourth-order valence-electron chi connectivity index (χ4n) is 3.12. The van der Waals surface area contributed by atoms with Crippen LogP contribution in [0.25, 0.3) is 10.2 Å². The smallest absolute Gasteiger partial charge is 0.260 e. The van der Waals surface area contributed by atoms with Gasteiger partial charge in [0.1, 0.15) is 17.0 Å². The molecule has 0 spiro atoms. The number of hydrogen-bond acceptors (Lipinski definition) is 5. The van der Waals surface area contributed by atoms with Gasteiger partial charge >= 0.3 is 0 Å². The zero-order valence-electron chi connectivity index (χ0n) is 16.2. The van der Waals surface area contributed by atoms with Crippen molar-refractivity contribution in [2.45, 2.75) is 20.4 Å². The van der Waals surface area contributed by atoms with Gasteiger partial charge < -0.3 is 9.15 Å². The number of furan rings is 1. The summed E-state index contributed by atoms with van der Waals surface area (Å²) in [6.07, 6.45) is 1.59. The predicted octanol–water partition coefficient (Wildman–Crippen LogP) is 6.02. The Kier molecular flexibility index (Phi) is 5.30. The summed E-state index contributed by atoms with van der Waals surface area (Å²) in [7, 11) is 1.59. The molecule has 7 heteroatoms. The summed E-state index contributed by atoms with van der Waals surface area (Å²) >= 11 is 7.74. The highest BCUT2D eigenvalue weighted by molar-refractivity contribution is 7.23. The summed E-state index contributed by atoms with van der Waals surface area (Å²) in [6, 6.07) is 13.0. The number of benzene rings is 2. The highest BCUT2D eigenvalue weighted by Gasteiger charge is 2.25. The maximum Gasteiger partial charge on any atom is 0.260 e. The summed E-state index contributed by atoms with van der Waals surface area (Å²) in [6.45, 7) is 4.16. The molecule has 0 aliphatic carbocycles. The third kappa shape index (κ3) is 3.73. The van der Waals surface area contributed by atoms with Crippen molar-refractivity contribution in [1.29, 1.82) is 0 Å². The Morgan fingerprint density at radius 2 is 2.07 bits per heavy atom. The number of hydrogen-bond donors (Lipinski definition) is 0. The molecule has 2 aromatic carbocycles. The number of carbonyl (C=O) groups is 1. The van der Waals surface area contributed by atoms with Crippen molar-refractivity contribution >= 4 is 44.2 Å². The van der Waals surface area contributed by atoms with E-state index in [0.29, 0.717) is 32.7 Å². The van der Waals surface area contributed by atoms with Crippen LogP contribution in [0.5, 0.6) is 5.75 Å². The van der Waals surface area contributed by atoms with Crippen molar-refractivity contribution in [3.8, 4) is 5.75 Å². The molecule has 0 unspecified atom stereocenters. The minimum Gasteiger partial charge on any atom is -0.494 e. The van der Waals surface area contributed by atoms with E-state index >= 15 is 0 Å². The monoisotopic (exact) mass is 426 g/mol. The van der Waals surface area contributed by atoms with Crippen LogP contribution in [0, 0.1) is 13.8 Å². The van der Waals surface area contributed by atoms with Crippen molar-refractivity contribution in [2.75, 3.05) is 12.0 Å². The summed E-state index contributed by atoms with van der Waals surface area (Å²) in [5, 5.41) is 1.11. The van der Waals surface area contributed by atoms with Crippen LogP contribution in [0.4, 0.5) is 5.13 Å². The molecular weight excluding hydrogens is 408 g/mol. The maximum atomic E-state index is 13.5. The van der Waals surface area contributed by atoms with Gasteiger partial charge in [-0.25, -0.2) is 4.98 Å². The molecule has 4 aromatic rings. The lowest BCUT2D eigenvalue weighted by molar-refractivity contribution is 0.0982. The number of aromatic nitrogens is 1. The Labute approximate surface area is 177 Å². The van der Waals surface area contributed by atoms with Crippen LogP contribution in [0.1, 0.15) is 27.2 Å². The van der Waals surface area contributed by atoms with E-state index in [-0.39, 0.29) is 12.5 Å². The normalized spacial score (nSPS) is 11.0. The summed E-state index contributed by atoms with van der Waals surface area (Å²) in [5.74, 6) is 1.14. The average molecular weight is 427 g/mol. The molecule has 5 nitrogen and oxygen atoms in total. The van der Waals surface area contributed by atoms with Gasteiger partial charge in [0.2, 0.25) is 0 Å². The van der Waals surface area contributed by atoms with Crippen LogP contribution < -0.4 is 9.64 Å². The van der Waals surface area contributed by atoms with Crippen LogP contribution in [-0.2, 0) is 6.54 Å². The van der Waals surface area contributed by atoms with E-state index in [1.165, 1.54) is 11.3 Å². The number of amides is 1. The lowest BCUT2D eigenvalue weighted by atomic mass is 10.0. The highest BCUT2D eigenvalue weighted by Crippen LogP contribution is 2.39. The van der Waals surface area contributed by atoms with Gasteiger partial charge in [0, 0.05) is 5.56 Å². The lowest BCUT2D eigenvalue weighted by Crippen LogP contribution is -2.30. The lowest BCUT2D eigenvalue weighted by Gasteiger charge is -2.20. The number of nitrogens with zero attached hydrogens (tertiary/aromatic N) is 2. The van der Waals surface area contributed by atoms with E-state index in [1.54, 1.807) is 36.5 Å². The van der Waals surface area contributed by atoms with Crippen LogP contribution in [0.15, 0.2) is 53.1 Å². The molecule has 0 fully saturated rings. The van der Waals surface area contributed by atoms with Gasteiger partial charge in [0.05, 0.1) is 29.6 Å². The van der Waals surface area contributed by atoms with Crippen molar-refractivity contribution in [3.63, 3.8) is 0 Å². The number of aryl methyl sites for hydroxylation is 2. The number of carbonyl (C=O) groups excluding carboxylic acids is 1. The molecule has 29 heavy (non-hydrogen) atoms. The molecule has 2 heterocycles. The molecule has 0 bridgehead atoms. The van der Waals surface area contributed by atoms with E-state index in [4.69, 9.17) is 25.7 Å². The number of halogens is 1. The second kappa shape index (κ2) is 7.89. The molecule has 0 saturated carbocycles. The minimum absolute atomic E-state index is 0.142. The quantitative estimate of drug-likeness (QED) is 0.391. The molecule has 148 valence electrons. The van der Waals surface area contributed by atoms with E-state index in [0.717, 1.165) is 15.8 Å². The number of thiazole rings is 1. The Morgan fingerprint density at radius 3 is 2.79 bits per heavy atom. The number of ether oxygens (including phenoxy) is 1. The average Bonchev–Trinajstić information content (AvgIpc) is 3.38. The number of methoxy groups -OCH3 is 1. The third-order valence-corrected chi connectivity index (χ3v) is 6.20. The number of rotatable bonds is 5. The summed E-state index contributed by atoms with van der Waals surface area (Å²) < 4.78 is 11.7. The van der Waals surface area contributed by atoms with Crippen molar-refractivity contribution < 1.29 is 13.9 Å². The Morgan fingerprint density at radius 1 is 1.24 bits per heavy atom. The molecule has 0 aliphatic heterocycles. The Hall–Kier alpha value is -2.83. The van der Waals surface area contributed by atoms with Gasteiger partial charge in [-0.2, -0.15) is 0 Å². The van der Waals surface area contributed by atoms with Crippen LogP contribution in [0.3, 0.4) is 0 Å². The number of anilines is 1.